The molecule has 68 valence electrons. The largest absolute Gasteiger partial charge is 0.326 e. The lowest BCUT2D eigenvalue weighted by Gasteiger charge is -2.15. The van der Waals surface area contributed by atoms with Gasteiger partial charge in [-0.25, -0.2) is 4.98 Å². The molecule has 0 aliphatic rings. The van der Waals surface area contributed by atoms with Crippen LogP contribution in [-0.2, 0) is 6.42 Å². The van der Waals surface area contributed by atoms with Crippen LogP contribution in [0.1, 0.15) is 5.01 Å². The number of likely N-dealkylation sites (N-methyl/N-ethyl adjacent to an activating group) is 1. The third-order valence-corrected chi connectivity index (χ3v) is 2.32. The fourth-order valence-electron chi connectivity index (χ4n) is 1.11. The summed E-state index contributed by atoms with van der Waals surface area (Å²) in [6.45, 7) is 0.916. The zero-order valence-corrected chi connectivity index (χ0v) is 8.34. The molecular weight excluding hydrogens is 170 g/mol. The maximum Gasteiger partial charge on any atom is 0.0940 e. The molecule has 0 aromatic carbocycles. The zero-order valence-electron chi connectivity index (χ0n) is 7.53. The van der Waals surface area contributed by atoms with E-state index >= 15 is 0 Å². The number of rotatable bonds is 4. The van der Waals surface area contributed by atoms with Crippen LogP contribution in [0, 0.1) is 0 Å². The lowest BCUT2D eigenvalue weighted by atomic mass is 10.2. The van der Waals surface area contributed by atoms with Gasteiger partial charge in [-0.2, -0.15) is 0 Å². The van der Waals surface area contributed by atoms with Gasteiger partial charge < -0.3 is 10.6 Å². The number of nitrogens with zero attached hydrogens (tertiary/aromatic N) is 2. The van der Waals surface area contributed by atoms with E-state index in [1.54, 1.807) is 11.3 Å². The minimum Gasteiger partial charge on any atom is -0.326 e. The van der Waals surface area contributed by atoms with Crippen LogP contribution in [0.2, 0.25) is 0 Å². The zero-order chi connectivity index (χ0) is 8.97. The van der Waals surface area contributed by atoms with E-state index in [1.165, 1.54) is 0 Å². The molecule has 0 fully saturated rings. The quantitative estimate of drug-likeness (QED) is 0.746. The third kappa shape index (κ3) is 3.30. The lowest BCUT2D eigenvalue weighted by Crippen LogP contribution is -2.34. The van der Waals surface area contributed by atoms with E-state index in [9.17, 15) is 0 Å². The van der Waals surface area contributed by atoms with Crippen molar-refractivity contribution in [2.45, 2.75) is 12.5 Å². The van der Waals surface area contributed by atoms with Crippen molar-refractivity contribution >= 4 is 11.3 Å². The molecule has 0 saturated carbocycles. The van der Waals surface area contributed by atoms with Crippen molar-refractivity contribution in [3.63, 3.8) is 0 Å². The first-order valence-electron chi connectivity index (χ1n) is 3.97. The van der Waals surface area contributed by atoms with Gasteiger partial charge in [0.1, 0.15) is 0 Å². The smallest absolute Gasteiger partial charge is 0.0940 e. The molecule has 1 heterocycles. The molecule has 0 amide bonds. The molecule has 1 aromatic rings. The monoisotopic (exact) mass is 185 g/mol. The topological polar surface area (TPSA) is 42.1 Å². The van der Waals surface area contributed by atoms with Gasteiger partial charge in [-0.05, 0) is 14.1 Å². The van der Waals surface area contributed by atoms with E-state index < -0.39 is 0 Å². The van der Waals surface area contributed by atoms with Crippen molar-refractivity contribution < 1.29 is 0 Å². The summed E-state index contributed by atoms with van der Waals surface area (Å²) in [5.74, 6) is 0. The highest BCUT2D eigenvalue weighted by Gasteiger charge is 2.06. The van der Waals surface area contributed by atoms with Crippen LogP contribution in [-0.4, -0.2) is 36.6 Å². The fourth-order valence-corrected chi connectivity index (χ4v) is 1.82. The number of aromatic nitrogens is 1. The maximum atomic E-state index is 5.89. The molecule has 1 unspecified atom stereocenters. The Balaban J connectivity index is 2.32. The molecule has 1 aromatic heterocycles. The average Bonchev–Trinajstić information content (AvgIpc) is 2.37. The van der Waals surface area contributed by atoms with Crippen molar-refractivity contribution in [1.82, 2.24) is 9.88 Å². The van der Waals surface area contributed by atoms with Crippen LogP contribution >= 0.6 is 11.3 Å². The van der Waals surface area contributed by atoms with Gasteiger partial charge in [0.2, 0.25) is 0 Å². The van der Waals surface area contributed by atoms with Crippen molar-refractivity contribution in [2.75, 3.05) is 20.6 Å². The first-order chi connectivity index (χ1) is 5.68. The second-order valence-corrected chi connectivity index (χ2v) is 4.13. The predicted octanol–water partition coefficient (Wildman–Crippen LogP) is 0.575. The summed E-state index contributed by atoms with van der Waals surface area (Å²) in [4.78, 5) is 6.28. The van der Waals surface area contributed by atoms with E-state index in [0.29, 0.717) is 0 Å². The maximum absolute atomic E-state index is 5.89. The van der Waals surface area contributed by atoms with E-state index in [-0.39, 0.29) is 6.04 Å². The molecule has 1 atom stereocenters. The Bertz CT molecular complexity index is 208. The number of thiazole rings is 1. The molecule has 0 radical (unpaired) electrons. The molecule has 2 N–H and O–H groups in total. The first-order valence-corrected chi connectivity index (χ1v) is 4.85. The molecule has 3 nitrogen and oxygen atoms in total. The number of hydrogen-bond acceptors (Lipinski definition) is 4. The van der Waals surface area contributed by atoms with Gasteiger partial charge in [-0.1, -0.05) is 0 Å². The molecule has 0 aliphatic carbocycles. The summed E-state index contributed by atoms with van der Waals surface area (Å²) < 4.78 is 0. The molecule has 4 heteroatoms. The molecule has 0 saturated heterocycles. The van der Waals surface area contributed by atoms with Gasteiger partial charge >= 0.3 is 0 Å². The van der Waals surface area contributed by atoms with E-state index in [4.69, 9.17) is 5.73 Å². The first kappa shape index (κ1) is 9.64. The molecule has 0 bridgehead atoms. The lowest BCUT2D eigenvalue weighted by molar-refractivity contribution is 0.371. The van der Waals surface area contributed by atoms with E-state index in [2.05, 4.69) is 9.88 Å². The summed E-state index contributed by atoms with van der Waals surface area (Å²) in [5, 5.41) is 3.11. The minimum atomic E-state index is 0.200. The van der Waals surface area contributed by atoms with E-state index in [1.807, 2.05) is 25.7 Å². The van der Waals surface area contributed by atoms with Gasteiger partial charge in [0, 0.05) is 30.6 Å². The molecule has 1 rings (SSSR count). The van der Waals surface area contributed by atoms with Crippen molar-refractivity contribution in [3.8, 4) is 0 Å². The summed E-state index contributed by atoms with van der Waals surface area (Å²) in [6, 6.07) is 0.200. The average molecular weight is 185 g/mol. The Kier molecular flexibility index (Phi) is 3.65. The van der Waals surface area contributed by atoms with Crippen LogP contribution in [0.25, 0.3) is 0 Å². The van der Waals surface area contributed by atoms with Gasteiger partial charge in [-0.3, -0.25) is 0 Å². The second kappa shape index (κ2) is 4.54. The Hall–Kier alpha value is -0.450. The van der Waals surface area contributed by atoms with Gasteiger partial charge in [0.15, 0.2) is 0 Å². The Morgan fingerprint density at radius 3 is 2.92 bits per heavy atom. The predicted molar refractivity (Wildman–Crippen MR) is 52.3 cm³/mol. The molecular formula is C8H15N3S. The Morgan fingerprint density at radius 1 is 1.67 bits per heavy atom. The van der Waals surface area contributed by atoms with Gasteiger partial charge in [0.25, 0.3) is 0 Å². The number of hydrogen-bond donors (Lipinski definition) is 1. The summed E-state index contributed by atoms with van der Waals surface area (Å²) in [5.41, 5.74) is 5.89. The van der Waals surface area contributed by atoms with Crippen LogP contribution in [0.15, 0.2) is 11.6 Å². The number of nitrogens with two attached hydrogens (primary N) is 1. The molecule has 0 aliphatic heterocycles. The minimum absolute atomic E-state index is 0.200. The standard InChI is InChI=1S/C8H15N3S/c1-11(2)6-7(9)5-8-10-3-4-12-8/h3-4,7H,5-6,9H2,1-2H3. The van der Waals surface area contributed by atoms with Crippen molar-refractivity contribution in [2.24, 2.45) is 5.73 Å². The second-order valence-electron chi connectivity index (χ2n) is 3.15. The highest BCUT2D eigenvalue weighted by molar-refractivity contribution is 7.09. The van der Waals surface area contributed by atoms with E-state index in [0.717, 1.165) is 18.0 Å². The van der Waals surface area contributed by atoms with Gasteiger partial charge in [-0.15, -0.1) is 11.3 Å². The summed E-state index contributed by atoms with van der Waals surface area (Å²) in [6.07, 6.45) is 2.71. The van der Waals surface area contributed by atoms with Crippen LogP contribution in [0.5, 0.6) is 0 Å². The SMILES string of the molecule is CN(C)CC(N)Cc1nccs1. The normalized spacial score (nSPS) is 13.7. The van der Waals surface area contributed by atoms with Gasteiger partial charge in [0.05, 0.1) is 5.01 Å². The van der Waals surface area contributed by atoms with Crippen LogP contribution in [0.3, 0.4) is 0 Å². The van der Waals surface area contributed by atoms with Crippen LogP contribution in [0.4, 0.5) is 0 Å². The highest BCUT2D eigenvalue weighted by atomic mass is 32.1. The van der Waals surface area contributed by atoms with Crippen molar-refractivity contribution in [1.29, 1.82) is 0 Å². The summed E-state index contributed by atoms with van der Waals surface area (Å²) >= 11 is 1.67. The Morgan fingerprint density at radius 2 is 2.42 bits per heavy atom. The molecule has 0 spiro atoms. The van der Waals surface area contributed by atoms with Crippen molar-refractivity contribution in [3.05, 3.63) is 16.6 Å². The Labute approximate surface area is 77.2 Å². The summed E-state index contributed by atoms with van der Waals surface area (Å²) in [7, 11) is 4.06. The molecule has 12 heavy (non-hydrogen) atoms. The highest BCUT2D eigenvalue weighted by Crippen LogP contribution is 2.06. The fraction of sp³-hybridized carbons (Fsp3) is 0.625. The van der Waals surface area contributed by atoms with Crippen LogP contribution < -0.4 is 5.73 Å². The third-order valence-electron chi connectivity index (χ3n) is 1.52.